The van der Waals surface area contributed by atoms with Crippen molar-refractivity contribution in [3.8, 4) is 11.5 Å². The number of hydrogen-bond acceptors (Lipinski definition) is 4. The van der Waals surface area contributed by atoms with Crippen LogP contribution in [0.1, 0.15) is 11.1 Å². The summed E-state index contributed by atoms with van der Waals surface area (Å²) >= 11 is 0. The Kier molecular flexibility index (Phi) is 6.95. The van der Waals surface area contributed by atoms with Crippen molar-refractivity contribution in [2.75, 3.05) is 10.6 Å². The van der Waals surface area contributed by atoms with Crippen molar-refractivity contribution in [1.82, 2.24) is 4.98 Å². The van der Waals surface area contributed by atoms with Crippen LogP contribution in [0.4, 0.5) is 16.3 Å². The summed E-state index contributed by atoms with van der Waals surface area (Å²) < 4.78 is 11.6. The maximum atomic E-state index is 12.5. The highest BCUT2D eigenvalue weighted by molar-refractivity contribution is 5.99. The second-order valence-electron chi connectivity index (χ2n) is 7.00. The van der Waals surface area contributed by atoms with Crippen LogP contribution in [0.15, 0.2) is 103 Å². The van der Waals surface area contributed by atoms with Gasteiger partial charge in [0.2, 0.25) is 0 Å². The second-order valence-corrected chi connectivity index (χ2v) is 7.00. The molecule has 1 aromatic heterocycles. The number of rotatable bonds is 8. The lowest BCUT2D eigenvalue weighted by Crippen LogP contribution is -2.20. The number of pyridine rings is 1. The number of urea groups is 1. The predicted octanol–water partition coefficient (Wildman–Crippen LogP) is 5.88. The number of nitrogens with zero attached hydrogens (tertiary/aromatic N) is 1. The van der Waals surface area contributed by atoms with Gasteiger partial charge < -0.3 is 14.8 Å². The Bertz CT molecular complexity index is 1130. The molecule has 32 heavy (non-hydrogen) atoms. The molecule has 0 fully saturated rings. The second kappa shape index (κ2) is 10.6. The van der Waals surface area contributed by atoms with Gasteiger partial charge >= 0.3 is 6.03 Å². The van der Waals surface area contributed by atoms with Crippen LogP contribution in [-0.4, -0.2) is 11.0 Å². The van der Waals surface area contributed by atoms with Crippen LogP contribution in [0.5, 0.6) is 11.5 Å². The van der Waals surface area contributed by atoms with Crippen molar-refractivity contribution in [3.63, 3.8) is 0 Å². The van der Waals surface area contributed by atoms with Crippen LogP contribution in [0, 0.1) is 0 Å². The van der Waals surface area contributed by atoms with Gasteiger partial charge in [-0.25, -0.2) is 9.78 Å². The lowest BCUT2D eigenvalue weighted by molar-refractivity contribution is 0.261. The largest absolute Gasteiger partial charge is 0.489 e. The lowest BCUT2D eigenvalue weighted by atomic mass is 10.2. The summed E-state index contributed by atoms with van der Waals surface area (Å²) in [4.78, 5) is 16.7. The van der Waals surface area contributed by atoms with Crippen molar-refractivity contribution in [2.24, 2.45) is 0 Å². The minimum absolute atomic E-state index is 0.351. The summed E-state index contributed by atoms with van der Waals surface area (Å²) in [6.45, 7) is 0.868. The molecule has 2 N–H and O–H groups in total. The first kappa shape index (κ1) is 20.9. The van der Waals surface area contributed by atoms with Gasteiger partial charge in [0.15, 0.2) is 11.6 Å². The molecule has 3 aromatic carbocycles. The Balaban J connectivity index is 1.31. The van der Waals surface area contributed by atoms with Gasteiger partial charge in [-0.15, -0.1) is 0 Å². The third-order valence-corrected chi connectivity index (χ3v) is 4.60. The number of hydrogen-bond donors (Lipinski definition) is 2. The van der Waals surface area contributed by atoms with E-state index >= 15 is 0 Å². The number of anilines is 2. The van der Waals surface area contributed by atoms with Crippen LogP contribution in [0.2, 0.25) is 0 Å². The van der Waals surface area contributed by atoms with Crippen molar-refractivity contribution >= 4 is 17.5 Å². The van der Waals surface area contributed by atoms with E-state index < -0.39 is 6.03 Å². The summed E-state index contributed by atoms with van der Waals surface area (Å²) in [6, 6.07) is 30.1. The molecule has 0 saturated carbocycles. The van der Waals surface area contributed by atoms with E-state index in [-0.39, 0.29) is 0 Å². The number of carbonyl (C=O) groups is 1. The normalized spacial score (nSPS) is 10.2. The minimum atomic E-state index is -0.411. The molecule has 0 radical (unpaired) electrons. The molecular formula is C26H23N3O3. The highest BCUT2D eigenvalue weighted by Crippen LogP contribution is 2.23. The van der Waals surface area contributed by atoms with Crippen LogP contribution in [0.25, 0.3) is 0 Å². The Labute approximate surface area is 186 Å². The highest BCUT2D eigenvalue weighted by Gasteiger charge is 2.10. The Morgan fingerprint density at radius 1 is 0.688 bits per heavy atom. The molecule has 2 amide bonds. The van der Waals surface area contributed by atoms with E-state index in [1.807, 2.05) is 72.8 Å². The summed E-state index contributed by atoms with van der Waals surface area (Å²) in [7, 11) is 0. The molecule has 160 valence electrons. The number of benzene rings is 3. The molecule has 4 aromatic rings. The zero-order valence-corrected chi connectivity index (χ0v) is 17.4. The molecule has 6 nitrogen and oxygen atoms in total. The lowest BCUT2D eigenvalue weighted by Gasteiger charge is -2.12. The van der Waals surface area contributed by atoms with Gasteiger partial charge in [-0.05, 0) is 47.5 Å². The predicted molar refractivity (Wildman–Crippen MR) is 125 cm³/mol. The molecule has 0 aliphatic carbocycles. The zero-order chi connectivity index (χ0) is 22.0. The molecule has 4 rings (SSSR count). The van der Waals surface area contributed by atoms with E-state index in [1.54, 1.807) is 30.5 Å². The number of nitrogens with one attached hydrogen (secondary N) is 2. The number of amides is 2. The van der Waals surface area contributed by atoms with Gasteiger partial charge in [0, 0.05) is 11.9 Å². The number of ether oxygens (including phenoxy) is 2. The van der Waals surface area contributed by atoms with Crippen LogP contribution in [-0.2, 0) is 13.2 Å². The quantitative estimate of drug-likeness (QED) is 0.370. The molecule has 0 aliphatic heterocycles. The van der Waals surface area contributed by atoms with E-state index in [1.165, 1.54) is 0 Å². The first-order valence-corrected chi connectivity index (χ1v) is 10.2. The van der Waals surface area contributed by atoms with E-state index in [4.69, 9.17) is 9.47 Å². The SMILES string of the molecule is O=C(Nc1ccc(OCc2ccccc2)cc1)Nc1ncccc1OCc1ccccc1. The van der Waals surface area contributed by atoms with Crippen molar-refractivity contribution in [2.45, 2.75) is 13.2 Å². The first-order chi connectivity index (χ1) is 15.8. The van der Waals surface area contributed by atoms with Gasteiger partial charge in [0.1, 0.15) is 19.0 Å². The van der Waals surface area contributed by atoms with Crippen molar-refractivity contribution in [3.05, 3.63) is 114 Å². The number of aromatic nitrogens is 1. The molecule has 0 bridgehead atoms. The molecule has 6 heteroatoms. The van der Waals surface area contributed by atoms with E-state index in [2.05, 4.69) is 15.6 Å². The molecule has 0 spiro atoms. The van der Waals surface area contributed by atoms with Crippen molar-refractivity contribution in [1.29, 1.82) is 0 Å². The molecule has 0 saturated heterocycles. The van der Waals surface area contributed by atoms with Gasteiger partial charge in [-0.2, -0.15) is 0 Å². The van der Waals surface area contributed by atoms with Crippen LogP contribution < -0.4 is 20.1 Å². The average Bonchev–Trinajstić information content (AvgIpc) is 2.84. The Morgan fingerprint density at radius 3 is 1.97 bits per heavy atom. The smallest absolute Gasteiger partial charge is 0.324 e. The fourth-order valence-corrected chi connectivity index (χ4v) is 2.98. The van der Waals surface area contributed by atoms with Gasteiger partial charge in [-0.1, -0.05) is 60.7 Å². The van der Waals surface area contributed by atoms with Gasteiger partial charge in [-0.3, -0.25) is 5.32 Å². The standard InChI is InChI=1S/C26H23N3O3/c30-26(28-22-13-15-23(16-14-22)31-18-20-8-3-1-4-9-20)29-25-24(12-7-17-27-25)32-19-21-10-5-2-6-11-21/h1-17H,18-19H2,(H2,27,28,29,30). The van der Waals surface area contributed by atoms with Gasteiger partial charge in [0.25, 0.3) is 0 Å². The molecule has 0 aliphatic rings. The molecule has 0 unspecified atom stereocenters. The third kappa shape index (κ3) is 6.09. The van der Waals surface area contributed by atoms with Crippen LogP contribution in [0.3, 0.4) is 0 Å². The van der Waals surface area contributed by atoms with Gasteiger partial charge in [0.05, 0.1) is 0 Å². The number of carbonyl (C=O) groups excluding carboxylic acids is 1. The highest BCUT2D eigenvalue weighted by atomic mass is 16.5. The summed E-state index contributed by atoms with van der Waals surface area (Å²) in [5.41, 5.74) is 2.76. The van der Waals surface area contributed by atoms with E-state index in [9.17, 15) is 4.79 Å². The monoisotopic (exact) mass is 425 g/mol. The molecular weight excluding hydrogens is 402 g/mol. The maximum absolute atomic E-state index is 12.5. The van der Waals surface area contributed by atoms with Crippen molar-refractivity contribution < 1.29 is 14.3 Å². The Morgan fingerprint density at radius 2 is 1.31 bits per heavy atom. The topological polar surface area (TPSA) is 72.5 Å². The van der Waals surface area contributed by atoms with E-state index in [0.29, 0.717) is 30.5 Å². The fraction of sp³-hybridized carbons (Fsp3) is 0.0769. The third-order valence-electron chi connectivity index (χ3n) is 4.60. The maximum Gasteiger partial charge on any atom is 0.324 e. The molecule has 0 atom stereocenters. The van der Waals surface area contributed by atoms with E-state index in [0.717, 1.165) is 16.9 Å². The van der Waals surface area contributed by atoms with Crippen LogP contribution >= 0.6 is 0 Å². The Hall–Kier alpha value is -4.32. The fourth-order valence-electron chi connectivity index (χ4n) is 2.98. The summed E-state index contributed by atoms with van der Waals surface area (Å²) in [6.07, 6.45) is 1.60. The molecule has 1 heterocycles. The minimum Gasteiger partial charge on any atom is -0.489 e. The summed E-state index contributed by atoms with van der Waals surface area (Å²) in [5, 5.41) is 5.53. The average molecular weight is 425 g/mol. The first-order valence-electron chi connectivity index (χ1n) is 10.2. The summed E-state index contributed by atoms with van der Waals surface area (Å²) in [5.74, 6) is 1.57. The zero-order valence-electron chi connectivity index (χ0n) is 17.4.